The number of halogens is 2. The van der Waals surface area contributed by atoms with E-state index in [2.05, 4.69) is 0 Å². The number of nitrogens with zero attached hydrogens (tertiary/aromatic N) is 1. The molecule has 0 saturated heterocycles. The zero-order valence-electron chi connectivity index (χ0n) is 11.1. The number of aliphatic hydroxyl groups is 1. The highest BCUT2D eigenvalue weighted by molar-refractivity contribution is 7.89. The monoisotopic (exact) mass is 305 g/mol. The lowest BCUT2D eigenvalue weighted by molar-refractivity contribution is 0.261. The number of hydrogen-bond acceptors (Lipinski definition) is 3. The predicted octanol–water partition coefficient (Wildman–Crippen LogP) is 1.88. The Kier molecular flexibility index (Phi) is 4.41. The van der Waals surface area contributed by atoms with E-state index in [0.29, 0.717) is 12.5 Å². The normalized spacial score (nSPS) is 16.4. The molecule has 0 atom stereocenters. The van der Waals surface area contributed by atoms with Crippen LogP contribution in [0, 0.1) is 17.6 Å². The molecular formula is C13H17F2NO3S. The third-order valence-corrected chi connectivity index (χ3v) is 5.58. The van der Waals surface area contributed by atoms with Crippen molar-refractivity contribution in [2.75, 3.05) is 13.6 Å². The van der Waals surface area contributed by atoms with Gasteiger partial charge in [-0.05, 0) is 30.9 Å². The van der Waals surface area contributed by atoms with Crippen LogP contribution in [0.4, 0.5) is 8.78 Å². The molecule has 20 heavy (non-hydrogen) atoms. The van der Waals surface area contributed by atoms with Crippen molar-refractivity contribution in [2.45, 2.75) is 30.8 Å². The first-order chi connectivity index (χ1) is 9.37. The van der Waals surface area contributed by atoms with Gasteiger partial charge in [0.15, 0.2) is 5.82 Å². The van der Waals surface area contributed by atoms with E-state index in [9.17, 15) is 17.2 Å². The maximum atomic E-state index is 14.0. The van der Waals surface area contributed by atoms with Crippen molar-refractivity contribution in [3.63, 3.8) is 0 Å². The summed E-state index contributed by atoms with van der Waals surface area (Å²) < 4.78 is 53.0. The second-order valence-corrected chi connectivity index (χ2v) is 7.09. The first-order valence-corrected chi connectivity index (χ1v) is 7.86. The predicted molar refractivity (Wildman–Crippen MR) is 69.4 cm³/mol. The van der Waals surface area contributed by atoms with E-state index in [1.807, 2.05) is 0 Å². The van der Waals surface area contributed by atoms with E-state index in [1.54, 1.807) is 0 Å². The molecule has 1 fully saturated rings. The zero-order valence-corrected chi connectivity index (χ0v) is 12.0. The summed E-state index contributed by atoms with van der Waals surface area (Å²) in [5, 5.41) is 8.93. The van der Waals surface area contributed by atoms with Gasteiger partial charge in [-0.25, -0.2) is 21.5 Å². The SMILES string of the molecule is CN(CC1CCC1)S(=O)(=O)c1ccc(F)c(CO)c1F. The highest BCUT2D eigenvalue weighted by Crippen LogP contribution is 2.29. The zero-order chi connectivity index (χ0) is 14.9. The molecule has 4 nitrogen and oxygen atoms in total. The third kappa shape index (κ3) is 2.70. The minimum atomic E-state index is -4.01. The Balaban J connectivity index is 2.33. The molecule has 0 radical (unpaired) electrons. The lowest BCUT2D eigenvalue weighted by Crippen LogP contribution is -2.34. The number of benzene rings is 1. The Morgan fingerprint density at radius 1 is 1.35 bits per heavy atom. The Morgan fingerprint density at radius 2 is 2.00 bits per heavy atom. The lowest BCUT2D eigenvalue weighted by Gasteiger charge is -2.29. The quantitative estimate of drug-likeness (QED) is 0.903. The van der Waals surface area contributed by atoms with Gasteiger partial charge in [0.05, 0.1) is 12.2 Å². The van der Waals surface area contributed by atoms with E-state index in [1.165, 1.54) is 7.05 Å². The number of rotatable bonds is 5. The van der Waals surface area contributed by atoms with E-state index in [0.717, 1.165) is 35.7 Å². The summed E-state index contributed by atoms with van der Waals surface area (Å²) in [6.07, 6.45) is 3.01. The Morgan fingerprint density at radius 3 is 2.50 bits per heavy atom. The summed E-state index contributed by atoms with van der Waals surface area (Å²) >= 11 is 0. The largest absolute Gasteiger partial charge is 0.391 e. The van der Waals surface area contributed by atoms with E-state index < -0.39 is 38.7 Å². The van der Waals surface area contributed by atoms with Crippen LogP contribution in [0.25, 0.3) is 0 Å². The molecule has 0 aliphatic heterocycles. The van der Waals surface area contributed by atoms with E-state index in [4.69, 9.17) is 5.11 Å². The molecule has 0 bridgehead atoms. The molecule has 2 rings (SSSR count). The van der Waals surface area contributed by atoms with Crippen molar-refractivity contribution in [2.24, 2.45) is 5.92 Å². The minimum Gasteiger partial charge on any atom is -0.391 e. The van der Waals surface area contributed by atoms with Crippen LogP contribution in [0.1, 0.15) is 24.8 Å². The van der Waals surface area contributed by atoms with Gasteiger partial charge in [-0.2, -0.15) is 0 Å². The molecule has 1 N–H and O–H groups in total. The van der Waals surface area contributed by atoms with Crippen molar-refractivity contribution in [3.8, 4) is 0 Å². The van der Waals surface area contributed by atoms with Crippen LogP contribution in [0.3, 0.4) is 0 Å². The van der Waals surface area contributed by atoms with Crippen molar-refractivity contribution >= 4 is 10.0 Å². The highest BCUT2D eigenvalue weighted by Gasteiger charge is 2.30. The summed E-state index contributed by atoms with van der Waals surface area (Å²) in [6, 6.07) is 1.76. The average Bonchev–Trinajstić information content (AvgIpc) is 2.33. The average molecular weight is 305 g/mol. The smallest absolute Gasteiger partial charge is 0.245 e. The third-order valence-electron chi connectivity index (χ3n) is 3.74. The van der Waals surface area contributed by atoms with Gasteiger partial charge < -0.3 is 5.11 Å². The van der Waals surface area contributed by atoms with Crippen molar-refractivity contribution < 1.29 is 22.3 Å². The van der Waals surface area contributed by atoms with Gasteiger partial charge in [0.25, 0.3) is 0 Å². The van der Waals surface area contributed by atoms with Gasteiger partial charge in [0, 0.05) is 13.6 Å². The standard InChI is InChI=1S/C13H17F2NO3S/c1-16(7-9-3-2-4-9)20(18,19)12-6-5-11(14)10(8-17)13(12)15/h5-6,9,17H,2-4,7-8H2,1H3. The lowest BCUT2D eigenvalue weighted by atomic mass is 9.86. The number of aliphatic hydroxyl groups excluding tert-OH is 1. The van der Waals surface area contributed by atoms with Crippen LogP contribution in [-0.4, -0.2) is 31.4 Å². The maximum Gasteiger partial charge on any atom is 0.245 e. The van der Waals surface area contributed by atoms with Gasteiger partial charge in [-0.15, -0.1) is 0 Å². The fraction of sp³-hybridized carbons (Fsp3) is 0.538. The van der Waals surface area contributed by atoms with Gasteiger partial charge in [-0.1, -0.05) is 6.42 Å². The second kappa shape index (κ2) is 5.75. The second-order valence-electron chi connectivity index (χ2n) is 5.08. The number of hydrogen-bond donors (Lipinski definition) is 1. The van der Waals surface area contributed by atoms with E-state index in [-0.39, 0.29) is 0 Å². The molecule has 1 saturated carbocycles. The summed E-state index contributed by atoms with van der Waals surface area (Å²) in [7, 11) is -2.63. The molecule has 1 aromatic rings. The summed E-state index contributed by atoms with van der Waals surface area (Å²) in [4.78, 5) is -0.593. The number of sulfonamides is 1. The van der Waals surface area contributed by atoms with E-state index >= 15 is 0 Å². The Bertz CT molecular complexity index is 600. The summed E-state index contributed by atoms with van der Waals surface area (Å²) in [6.45, 7) is -0.555. The van der Waals surface area contributed by atoms with Crippen molar-refractivity contribution in [3.05, 3.63) is 29.3 Å². The molecule has 1 aromatic carbocycles. The molecule has 1 aliphatic rings. The van der Waals surface area contributed by atoms with Crippen molar-refractivity contribution in [1.82, 2.24) is 4.31 Å². The molecule has 0 unspecified atom stereocenters. The topological polar surface area (TPSA) is 57.6 Å². The molecular weight excluding hydrogens is 288 g/mol. The summed E-state index contributed by atoms with van der Waals surface area (Å²) in [5.41, 5.74) is -0.622. The molecule has 0 aromatic heterocycles. The summed E-state index contributed by atoms with van der Waals surface area (Å²) in [5.74, 6) is -1.87. The molecule has 1 aliphatic carbocycles. The van der Waals surface area contributed by atoms with Crippen LogP contribution < -0.4 is 0 Å². The molecule has 0 heterocycles. The van der Waals surface area contributed by atoms with Crippen LogP contribution in [-0.2, 0) is 16.6 Å². The van der Waals surface area contributed by atoms with Gasteiger partial charge in [-0.3, -0.25) is 0 Å². The van der Waals surface area contributed by atoms with Crippen molar-refractivity contribution in [1.29, 1.82) is 0 Å². The molecule has 0 amide bonds. The fourth-order valence-corrected chi connectivity index (χ4v) is 3.56. The van der Waals surface area contributed by atoms with Crippen LogP contribution in [0.15, 0.2) is 17.0 Å². The minimum absolute atomic E-state index is 0.301. The maximum absolute atomic E-state index is 14.0. The van der Waals surface area contributed by atoms with Crippen LogP contribution >= 0.6 is 0 Å². The Hall–Kier alpha value is -1.05. The van der Waals surface area contributed by atoms with Gasteiger partial charge >= 0.3 is 0 Å². The Labute approximate surface area is 117 Å². The first-order valence-electron chi connectivity index (χ1n) is 6.42. The van der Waals surface area contributed by atoms with Crippen LogP contribution in [0.2, 0.25) is 0 Å². The molecule has 112 valence electrons. The first kappa shape index (κ1) is 15.3. The molecule has 0 spiro atoms. The van der Waals surface area contributed by atoms with Crippen LogP contribution in [0.5, 0.6) is 0 Å². The van der Waals surface area contributed by atoms with Gasteiger partial charge in [0.2, 0.25) is 10.0 Å². The highest BCUT2D eigenvalue weighted by atomic mass is 32.2. The fourth-order valence-electron chi connectivity index (χ4n) is 2.23. The molecule has 7 heteroatoms. The van der Waals surface area contributed by atoms with Gasteiger partial charge in [0.1, 0.15) is 10.7 Å².